The Morgan fingerprint density at radius 1 is 0.702 bits per heavy atom. The molecule has 0 spiro atoms. The van der Waals surface area contributed by atoms with Crippen LogP contribution in [0, 0.1) is 0 Å². The summed E-state index contributed by atoms with van der Waals surface area (Å²) in [7, 11) is -0.405. The molecule has 0 bridgehead atoms. The summed E-state index contributed by atoms with van der Waals surface area (Å²) in [4.78, 5) is 3.08. The number of allylic oxidation sites excluding steroid dienone is 7. The number of methoxy groups -OCH3 is 2. The van der Waals surface area contributed by atoms with Crippen LogP contribution in [0.4, 0.5) is 11.4 Å². The quantitative estimate of drug-likeness (QED) is 0.125. The van der Waals surface area contributed by atoms with Gasteiger partial charge < -0.3 is 14.4 Å². The summed E-state index contributed by atoms with van der Waals surface area (Å²) in [6.07, 6.45) is 10.7. The normalized spacial score (nSPS) is 19.2. The zero-order valence-electron chi connectivity index (χ0n) is 34.0. The molecule has 6 nitrogen and oxygen atoms in total. The third-order valence-corrected chi connectivity index (χ3v) is 14.2. The van der Waals surface area contributed by atoms with Crippen LogP contribution in [0.15, 0.2) is 154 Å². The molecule has 8 rings (SSSR count). The van der Waals surface area contributed by atoms with Crippen molar-refractivity contribution in [3.05, 3.63) is 160 Å². The molecule has 292 valence electrons. The number of fused-ring (bicyclic) bond motifs is 6. The zero-order chi connectivity index (χ0) is 40.0. The van der Waals surface area contributed by atoms with E-state index in [9.17, 15) is 8.42 Å². The molecule has 0 aromatic heterocycles. The van der Waals surface area contributed by atoms with Gasteiger partial charge >= 0.3 is 0 Å². The number of hydrogen-bond acceptors (Lipinski definition) is 5. The number of sulfone groups is 1. The third kappa shape index (κ3) is 6.69. The standard InChI is InChI=1S/C50H53N2O4S/c1-49(2)44(51(31-33-55-5)42-27-23-35-15-10-12-21-40(35)46(42)49)29-25-37-17-14-18-38(48(37)57(53,54)39-19-8-7-9-20-39)26-30-45-50(3,4)47-41-22-13-11-16-36(41)24-28-43(47)52(45)32-34-56-6/h7-13,15-16,19-30H,14,17-18,31-34H2,1-6H3/q+1. The molecular weight excluding hydrogens is 725 g/mol. The van der Waals surface area contributed by atoms with Crippen LogP contribution in [0.2, 0.25) is 0 Å². The Kier molecular flexibility index (Phi) is 10.4. The molecule has 0 saturated heterocycles. The molecule has 3 aliphatic rings. The molecule has 0 fully saturated rings. The number of nitrogens with zero attached hydrogens (tertiary/aromatic N) is 2. The number of anilines is 1. The monoisotopic (exact) mass is 777 g/mol. The maximum absolute atomic E-state index is 14.9. The smallest absolute Gasteiger partial charge is 0.210 e. The van der Waals surface area contributed by atoms with Gasteiger partial charge in [-0.2, -0.15) is 4.58 Å². The van der Waals surface area contributed by atoms with Crippen molar-refractivity contribution >= 4 is 48.5 Å². The summed E-state index contributed by atoms with van der Waals surface area (Å²) in [6, 6.07) is 34.9. The maximum atomic E-state index is 14.9. The van der Waals surface area contributed by atoms with Gasteiger partial charge in [0.1, 0.15) is 6.61 Å². The van der Waals surface area contributed by atoms with Crippen molar-refractivity contribution in [1.29, 1.82) is 0 Å². The maximum Gasteiger partial charge on any atom is 0.210 e. The third-order valence-electron chi connectivity index (χ3n) is 12.2. The van der Waals surface area contributed by atoms with Gasteiger partial charge in [0.2, 0.25) is 15.5 Å². The minimum atomic E-state index is -3.88. The minimum Gasteiger partial charge on any atom is -0.383 e. The van der Waals surface area contributed by atoms with Crippen LogP contribution in [-0.4, -0.2) is 59.2 Å². The Morgan fingerprint density at radius 2 is 1.35 bits per heavy atom. The molecule has 2 aliphatic heterocycles. The number of hydrogen-bond donors (Lipinski definition) is 0. The van der Waals surface area contributed by atoms with Crippen molar-refractivity contribution in [2.75, 3.05) is 45.4 Å². The van der Waals surface area contributed by atoms with E-state index in [1.165, 1.54) is 44.0 Å². The predicted molar refractivity (Wildman–Crippen MR) is 235 cm³/mol. The average molecular weight is 778 g/mol. The molecule has 2 heterocycles. The minimum absolute atomic E-state index is 0.308. The Morgan fingerprint density at radius 3 is 2.05 bits per heavy atom. The van der Waals surface area contributed by atoms with E-state index in [0.717, 1.165) is 29.0 Å². The van der Waals surface area contributed by atoms with Crippen LogP contribution < -0.4 is 4.90 Å². The first-order valence-corrected chi connectivity index (χ1v) is 21.6. The van der Waals surface area contributed by atoms with Crippen molar-refractivity contribution in [2.24, 2.45) is 0 Å². The Bertz CT molecular complexity index is 2650. The zero-order valence-corrected chi connectivity index (χ0v) is 34.8. The van der Waals surface area contributed by atoms with Gasteiger partial charge in [0.05, 0.1) is 21.8 Å². The van der Waals surface area contributed by atoms with Crippen LogP contribution in [0.25, 0.3) is 21.5 Å². The van der Waals surface area contributed by atoms with Crippen LogP contribution >= 0.6 is 0 Å². The second-order valence-electron chi connectivity index (χ2n) is 16.4. The average Bonchev–Trinajstić information content (AvgIpc) is 3.58. The highest BCUT2D eigenvalue weighted by Crippen LogP contribution is 2.51. The lowest BCUT2D eigenvalue weighted by Gasteiger charge is -2.27. The molecular formula is C50H53N2O4S+. The summed E-state index contributed by atoms with van der Waals surface area (Å²) in [6.45, 7) is 11.6. The largest absolute Gasteiger partial charge is 0.383 e. The highest BCUT2D eigenvalue weighted by Gasteiger charge is 2.46. The van der Waals surface area contributed by atoms with Gasteiger partial charge in [-0.3, -0.25) is 0 Å². The van der Waals surface area contributed by atoms with Crippen LogP contribution in [-0.2, 0) is 30.1 Å². The van der Waals surface area contributed by atoms with E-state index < -0.39 is 9.84 Å². The first kappa shape index (κ1) is 38.8. The molecule has 5 aromatic rings. The summed E-state index contributed by atoms with van der Waals surface area (Å²) in [5, 5.41) is 4.88. The van der Waals surface area contributed by atoms with Crippen molar-refractivity contribution < 1.29 is 22.5 Å². The fraction of sp³-hybridized carbons (Fsp3) is 0.300. The van der Waals surface area contributed by atoms with Crippen molar-refractivity contribution in [1.82, 2.24) is 0 Å². The molecule has 0 atom stereocenters. The Hall–Kier alpha value is -5.08. The van der Waals surface area contributed by atoms with E-state index in [-0.39, 0.29) is 10.8 Å². The van der Waals surface area contributed by atoms with Gasteiger partial charge in [-0.25, -0.2) is 8.42 Å². The Labute approximate surface area is 338 Å². The second kappa shape index (κ2) is 15.4. The van der Waals surface area contributed by atoms with E-state index in [1.807, 2.05) is 6.07 Å². The highest BCUT2D eigenvalue weighted by molar-refractivity contribution is 7.95. The lowest BCUT2D eigenvalue weighted by atomic mass is 9.78. The summed E-state index contributed by atoms with van der Waals surface area (Å²) in [5.74, 6) is 0. The van der Waals surface area contributed by atoms with E-state index in [0.29, 0.717) is 48.9 Å². The van der Waals surface area contributed by atoms with Gasteiger partial charge in [0.25, 0.3) is 0 Å². The van der Waals surface area contributed by atoms with Gasteiger partial charge in [-0.15, -0.1) is 0 Å². The van der Waals surface area contributed by atoms with Gasteiger partial charge in [-0.1, -0.05) is 98.8 Å². The fourth-order valence-corrected chi connectivity index (χ4v) is 11.3. The van der Waals surface area contributed by atoms with Crippen molar-refractivity contribution in [3.63, 3.8) is 0 Å². The number of ether oxygens (including phenoxy) is 2. The van der Waals surface area contributed by atoms with Crippen LogP contribution in [0.3, 0.4) is 0 Å². The predicted octanol–water partition coefficient (Wildman–Crippen LogP) is 10.7. The molecule has 0 N–H and O–H groups in total. The molecule has 0 saturated carbocycles. The van der Waals surface area contributed by atoms with Gasteiger partial charge in [-0.05, 0) is 102 Å². The topological polar surface area (TPSA) is 58.9 Å². The molecule has 0 amide bonds. The van der Waals surface area contributed by atoms with E-state index in [4.69, 9.17) is 9.47 Å². The lowest BCUT2D eigenvalue weighted by molar-refractivity contribution is -0.441. The molecule has 0 radical (unpaired) electrons. The second-order valence-corrected chi connectivity index (χ2v) is 18.3. The molecule has 57 heavy (non-hydrogen) atoms. The summed E-state index contributed by atoms with van der Waals surface area (Å²) >= 11 is 0. The van der Waals surface area contributed by atoms with E-state index in [1.54, 1.807) is 38.5 Å². The number of benzene rings is 5. The summed E-state index contributed by atoms with van der Waals surface area (Å²) in [5.41, 5.74) is 8.15. The van der Waals surface area contributed by atoms with Crippen LogP contribution in [0.1, 0.15) is 58.1 Å². The number of rotatable bonds is 11. The van der Waals surface area contributed by atoms with E-state index in [2.05, 4.69) is 134 Å². The molecule has 1 aliphatic carbocycles. The molecule has 0 unspecified atom stereocenters. The Balaban J connectivity index is 1.29. The highest BCUT2D eigenvalue weighted by atomic mass is 32.2. The van der Waals surface area contributed by atoms with Crippen LogP contribution in [0.5, 0.6) is 0 Å². The molecule has 5 aromatic carbocycles. The lowest BCUT2D eigenvalue weighted by Crippen LogP contribution is -2.29. The summed E-state index contributed by atoms with van der Waals surface area (Å²) < 4.78 is 43.4. The van der Waals surface area contributed by atoms with Gasteiger partial charge in [0.15, 0.2) is 12.3 Å². The van der Waals surface area contributed by atoms with E-state index >= 15 is 0 Å². The van der Waals surface area contributed by atoms with Crippen molar-refractivity contribution in [2.45, 2.75) is 62.7 Å². The molecule has 7 heteroatoms. The van der Waals surface area contributed by atoms with Gasteiger partial charge in [0, 0.05) is 55.3 Å². The van der Waals surface area contributed by atoms with Crippen molar-refractivity contribution in [3.8, 4) is 0 Å². The SMILES string of the molecule is COCCN1/C(=C/C=C2\CCCC(/C=C/C3=[N+](CCOC)c4ccc5ccccc5c4C3(C)C)=C2S(=O)(=O)c2ccccc2)C(C)(C)c2c1ccc1ccccc21. The fourth-order valence-electron chi connectivity index (χ4n) is 9.56. The first-order valence-electron chi connectivity index (χ1n) is 20.1. The first-order chi connectivity index (χ1) is 27.5.